The summed E-state index contributed by atoms with van der Waals surface area (Å²) in [5.41, 5.74) is 9.68. The summed E-state index contributed by atoms with van der Waals surface area (Å²) in [5.74, 6) is 1.68. The predicted molar refractivity (Wildman–Crippen MR) is 152 cm³/mol. The van der Waals surface area contributed by atoms with Gasteiger partial charge in [0.15, 0.2) is 0 Å². The molecule has 2 aliphatic rings. The Labute approximate surface area is 232 Å². The van der Waals surface area contributed by atoms with Crippen LogP contribution in [0.4, 0.5) is 11.6 Å². The number of aryl methyl sites for hydroxylation is 1. The molecule has 6 rings (SSSR count). The van der Waals surface area contributed by atoms with Gasteiger partial charge in [0.05, 0.1) is 18.6 Å². The second-order valence-corrected chi connectivity index (χ2v) is 11.2. The van der Waals surface area contributed by atoms with Crippen LogP contribution in [-0.2, 0) is 9.53 Å². The highest BCUT2D eigenvalue weighted by Gasteiger charge is 2.46. The first-order chi connectivity index (χ1) is 19.2. The topological polar surface area (TPSA) is 128 Å². The number of amides is 2. The fourth-order valence-electron chi connectivity index (χ4n) is 5.63. The van der Waals surface area contributed by atoms with E-state index in [0.717, 1.165) is 35.3 Å². The highest BCUT2D eigenvalue weighted by Crippen LogP contribution is 2.38. The number of fused-ring (bicyclic) bond motifs is 1. The van der Waals surface area contributed by atoms with Crippen molar-refractivity contribution in [2.75, 3.05) is 30.8 Å². The van der Waals surface area contributed by atoms with Crippen LogP contribution in [0.3, 0.4) is 0 Å². The Morgan fingerprint density at radius 2 is 1.88 bits per heavy atom. The molecule has 2 fully saturated rings. The molecule has 0 aliphatic carbocycles. The number of imidazole rings is 1. The van der Waals surface area contributed by atoms with Gasteiger partial charge in [-0.15, -0.1) is 0 Å². The van der Waals surface area contributed by atoms with E-state index in [1.165, 1.54) is 0 Å². The van der Waals surface area contributed by atoms with E-state index in [2.05, 4.69) is 22.2 Å². The van der Waals surface area contributed by atoms with Crippen LogP contribution in [0.2, 0.25) is 0 Å². The van der Waals surface area contributed by atoms with Crippen molar-refractivity contribution in [2.24, 2.45) is 5.41 Å². The molecule has 206 valence electrons. The number of pyridine rings is 1. The summed E-state index contributed by atoms with van der Waals surface area (Å²) >= 11 is 0. The quantitative estimate of drug-likeness (QED) is 0.391. The summed E-state index contributed by atoms with van der Waals surface area (Å²) in [5, 5.41) is 2.84. The number of hydrogen-bond acceptors (Lipinski definition) is 7. The highest BCUT2D eigenvalue weighted by molar-refractivity contribution is 6.04. The highest BCUT2D eigenvalue weighted by atomic mass is 16.5. The van der Waals surface area contributed by atoms with Crippen LogP contribution in [0.1, 0.15) is 54.4 Å². The van der Waals surface area contributed by atoms with Crippen LogP contribution in [0.25, 0.3) is 16.8 Å². The van der Waals surface area contributed by atoms with Crippen molar-refractivity contribution in [1.82, 2.24) is 24.3 Å². The van der Waals surface area contributed by atoms with Crippen LogP contribution in [0.15, 0.2) is 55.0 Å². The van der Waals surface area contributed by atoms with Gasteiger partial charge in [0, 0.05) is 48.2 Å². The molecule has 0 radical (unpaired) electrons. The van der Waals surface area contributed by atoms with Gasteiger partial charge < -0.3 is 20.7 Å². The van der Waals surface area contributed by atoms with E-state index < -0.39 is 5.41 Å². The number of piperidine rings is 1. The maximum absolute atomic E-state index is 13.4. The molecule has 3 N–H and O–H groups in total. The van der Waals surface area contributed by atoms with Gasteiger partial charge in [-0.05, 0) is 63.4 Å². The van der Waals surface area contributed by atoms with E-state index >= 15 is 0 Å². The van der Waals surface area contributed by atoms with E-state index in [-0.39, 0.29) is 23.8 Å². The first kappa shape index (κ1) is 25.9. The Kier molecular flexibility index (Phi) is 6.50. The number of benzene rings is 1. The monoisotopic (exact) mass is 539 g/mol. The van der Waals surface area contributed by atoms with Gasteiger partial charge in [0.2, 0.25) is 5.91 Å². The summed E-state index contributed by atoms with van der Waals surface area (Å²) in [7, 11) is 0. The molecule has 10 heteroatoms. The largest absolute Gasteiger partial charge is 0.382 e. The van der Waals surface area contributed by atoms with Crippen LogP contribution in [0.5, 0.6) is 0 Å². The minimum atomic E-state index is -0.451. The fourth-order valence-corrected chi connectivity index (χ4v) is 5.63. The van der Waals surface area contributed by atoms with Crippen molar-refractivity contribution in [1.29, 1.82) is 0 Å². The van der Waals surface area contributed by atoms with Crippen molar-refractivity contribution >= 4 is 29.0 Å². The second kappa shape index (κ2) is 10.0. The van der Waals surface area contributed by atoms with Gasteiger partial charge in [-0.25, -0.2) is 15.0 Å². The Morgan fingerprint density at radius 3 is 2.58 bits per heavy atom. The molecule has 2 aliphatic heterocycles. The SMILES string of the molecule is Cc1ccnc(NC(=O)c2ccc(-c3nc([C@@H]4CC[C@H](C)N(C(=O)C5(C)COC5)C4)n4ccnc(N)c34)cc2)c1. The Morgan fingerprint density at radius 1 is 1.10 bits per heavy atom. The zero-order valence-electron chi connectivity index (χ0n) is 22.9. The molecule has 0 saturated carbocycles. The molecule has 0 unspecified atom stereocenters. The standard InChI is InChI=1S/C30H33N7O3/c1-18-10-11-32-23(14-18)34-28(38)21-8-6-20(7-9-21)24-25-26(31)33-12-13-36(25)27(35-24)22-5-4-19(2)37(15-22)29(39)30(3)16-40-17-30/h6-14,19,22H,4-5,15-17H2,1-3H3,(H2,31,33)(H,32,34,38)/t19-,22+/m0/s1. The summed E-state index contributed by atoms with van der Waals surface area (Å²) in [6.07, 6.45) is 7.01. The molecule has 2 saturated heterocycles. The third-order valence-corrected chi connectivity index (χ3v) is 8.05. The number of likely N-dealkylation sites (tertiary alicyclic amines) is 1. The molecule has 0 bridgehead atoms. The van der Waals surface area contributed by atoms with Crippen LogP contribution in [-0.4, -0.2) is 61.9 Å². The number of anilines is 2. The molecule has 0 spiro atoms. The van der Waals surface area contributed by atoms with Crippen molar-refractivity contribution in [3.05, 3.63) is 71.9 Å². The molecule has 3 aromatic heterocycles. The molecule has 40 heavy (non-hydrogen) atoms. The lowest BCUT2D eigenvalue weighted by atomic mass is 9.84. The lowest BCUT2D eigenvalue weighted by molar-refractivity contribution is -0.172. The van der Waals surface area contributed by atoms with Gasteiger partial charge >= 0.3 is 0 Å². The molecule has 4 aromatic rings. The minimum Gasteiger partial charge on any atom is -0.382 e. The zero-order valence-corrected chi connectivity index (χ0v) is 22.9. The Hall–Kier alpha value is -4.31. The third-order valence-electron chi connectivity index (χ3n) is 8.05. The van der Waals surface area contributed by atoms with Gasteiger partial charge in [-0.2, -0.15) is 0 Å². The summed E-state index contributed by atoms with van der Waals surface area (Å²) in [6, 6.07) is 11.1. The number of rotatable bonds is 5. The lowest BCUT2D eigenvalue weighted by Gasteiger charge is -2.45. The minimum absolute atomic E-state index is 0.0414. The van der Waals surface area contributed by atoms with Crippen molar-refractivity contribution in [2.45, 2.75) is 45.6 Å². The maximum Gasteiger partial charge on any atom is 0.256 e. The van der Waals surface area contributed by atoms with E-state index in [1.54, 1.807) is 24.5 Å². The van der Waals surface area contributed by atoms with Crippen molar-refractivity contribution in [3.63, 3.8) is 0 Å². The number of nitrogens with two attached hydrogens (primary N) is 1. The number of nitrogens with zero attached hydrogens (tertiary/aromatic N) is 5. The van der Waals surface area contributed by atoms with Crippen molar-refractivity contribution < 1.29 is 14.3 Å². The number of ether oxygens (including phenoxy) is 1. The third kappa shape index (κ3) is 4.58. The lowest BCUT2D eigenvalue weighted by Crippen LogP contribution is -2.57. The normalized spacial score (nSPS) is 20.2. The van der Waals surface area contributed by atoms with E-state index in [4.69, 9.17) is 15.5 Å². The number of carbonyl (C=O) groups excluding carboxylic acids is 2. The van der Waals surface area contributed by atoms with E-state index in [0.29, 0.717) is 42.7 Å². The molecule has 1 aromatic carbocycles. The zero-order chi connectivity index (χ0) is 28.0. The number of nitrogen functional groups attached to an aromatic ring is 1. The number of carbonyl (C=O) groups is 2. The molecular weight excluding hydrogens is 506 g/mol. The molecule has 2 amide bonds. The average Bonchev–Trinajstić information content (AvgIpc) is 3.33. The van der Waals surface area contributed by atoms with Crippen LogP contribution < -0.4 is 11.1 Å². The predicted octanol–water partition coefficient (Wildman–Crippen LogP) is 4.07. The average molecular weight is 540 g/mol. The van der Waals surface area contributed by atoms with Gasteiger partial charge in [0.25, 0.3) is 5.91 Å². The van der Waals surface area contributed by atoms with Gasteiger partial charge in [-0.1, -0.05) is 12.1 Å². The van der Waals surface area contributed by atoms with Crippen LogP contribution >= 0.6 is 0 Å². The van der Waals surface area contributed by atoms with E-state index in [9.17, 15) is 9.59 Å². The summed E-state index contributed by atoms with van der Waals surface area (Å²) in [6.45, 7) is 7.56. The second-order valence-electron chi connectivity index (χ2n) is 11.2. The van der Waals surface area contributed by atoms with Gasteiger partial charge in [0.1, 0.15) is 28.7 Å². The molecule has 2 atom stereocenters. The Balaban J connectivity index is 1.30. The molecule has 10 nitrogen and oxygen atoms in total. The maximum atomic E-state index is 13.4. The molecular formula is C30H33N7O3. The summed E-state index contributed by atoms with van der Waals surface area (Å²) < 4.78 is 7.36. The first-order valence-electron chi connectivity index (χ1n) is 13.6. The fraction of sp³-hybridized carbons (Fsp3) is 0.367. The van der Waals surface area contributed by atoms with Crippen molar-refractivity contribution in [3.8, 4) is 11.3 Å². The number of aromatic nitrogens is 4. The molecule has 5 heterocycles. The summed E-state index contributed by atoms with van der Waals surface area (Å²) in [4.78, 5) is 41.8. The van der Waals surface area contributed by atoms with Crippen LogP contribution in [0, 0.1) is 12.3 Å². The van der Waals surface area contributed by atoms with Gasteiger partial charge in [-0.3, -0.25) is 14.0 Å². The number of nitrogens with one attached hydrogen (secondary N) is 1. The number of hydrogen-bond donors (Lipinski definition) is 2. The van der Waals surface area contributed by atoms with E-state index in [1.807, 2.05) is 53.6 Å². The first-order valence-corrected chi connectivity index (χ1v) is 13.6. The smallest absolute Gasteiger partial charge is 0.256 e. The Bertz CT molecular complexity index is 1590.